The molecule has 2 N–H and O–H groups in total. The summed E-state index contributed by atoms with van der Waals surface area (Å²) in [6, 6.07) is 9.42. The fourth-order valence-corrected chi connectivity index (χ4v) is 7.36. The van der Waals surface area contributed by atoms with E-state index in [2.05, 4.69) is 39.0 Å². The highest BCUT2D eigenvalue weighted by atomic mass is 32.2. The van der Waals surface area contributed by atoms with Crippen LogP contribution in [0.3, 0.4) is 0 Å². The third-order valence-corrected chi connectivity index (χ3v) is 9.80. The number of carbonyl (C=O) groups is 1. The summed E-state index contributed by atoms with van der Waals surface area (Å²) in [7, 11) is -2.09. The van der Waals surface area contributed by atoms with Crippen LogP contribution in [-0.4, -0.2) is 78.8 Å². The van der Waals surface area contributed by atoms with Crippen molar-refractivity contribution >= 4 is 16.1 Å². The van der Waals surface area contributed by atoms with Crippen molar-refractivity contribution in [2.45, 2.75) is 76.4 Å². The van der Waals surface area contributed by atoms with E-state index < -0.39 is 27.4 Å². The highest BCUT2D eigenvalue weighted by Gasteiger charge is 2.38. The van der Waals surface area contributed by atoms with Gasteiger partial charge in [0.1, 0.15) is 11.9 Å². The molecule has 0 bridgehead atoms. The lowest BCUT2D eigenvalue weighted by Gasteiger charge is -2.27. The number of nitrogens with one attached hydrogen (secondary N) is 2. The first-order valence-electron chi connectivity index (χ1n) is 14.0. The van der Waals surface area contributed by atoms with Crippen molar-refractivity contribution in [1.29, 1.82) is 0 Å². The van der Waals surface area contributed by atoms with Crippen molar-refractivity contribution in [3.63, 3.8) is 0 Å². The number of rotatable bonds is 13. The second-order valence-electron chi connectivity index (χ2n) is 10.4. The lowest BCUT2D eigenvalue weighted by atomic mass is 9.98. The molecule has 12 heteroatoms. The zero-order chi connectivity index (χ0) is 27.8. The monoisotopic (exact) mass is 562 g/mol. The first kappa shape index (κ1) is 29.4. The van der Waals surface area contributed by atoms with E-state index in [1.165, 1.54) is 7.05 Å². The fourth-order valence-electron chi connectivity index (χ4n) is 5.68. The number of sulfonamides is 1. The van der Waals surface area contributed by atoms with E-state index in [4.69, 9.17) is 9.47 Å². The van der Waals surface area contributed by atoms with E-state index in [0.717, 1.165) is 37.3 Å². The molecule has 1 saturated carbocycles. The maximum absolute atomic E-state index is 13.6. The Morgan fingerprint density at radius 2 is 1.92 bits per heavy atom. The quantitative estimate of drug-likeness (QED) is 0.381. The van der Waals surface area contributed by atoms with Crippen LogP contribution in [0.5, 0.6) is 0 Å². The highest BCUT2D eigenvalue weighted by Crippen LogP contribution is 2.30. The summed E-state index contributed by atoms with van der Waals surface area (Å²) in [5.41, 5.74) is 1.01. The van der Waals surface area contributed by atoms with Crippen molar-refractivity contribution in [1.82, 2.24) is 29.7 Å². The van der Waals surface area contributed by atoms with Crippen LogP contribution in [0.4, 0.5) is 4.79 Å². The number of nitrogens with zero attached hydrogens (tertiary/aromatic N) is 4. The van der Waals surface area contributed by atoms with Gasteiger partial charge < -0.3 is 24.3 Å². The Bertz CT molecular complexity index is 1170. The van der Waals surface area contributed by atoms with Gasteiger partial charge in [-0.3, -0.25) is 0 Å². The van der Waals surface area contributed by atoms with Crippen LogP contribution >= 0.6 is 0 Å². The minimum Gasteiger partial charge on any atom is -0.449 e. The normalized spacial score (nSPS) is 22.0. The summed E-state index contributed by atoms with van der Waals surface area (Å²) < 4.78 is 43.4. The van der Waals surface area contributed by atoms with Crippen molar-refractivity contribution in [3.8, 4) is 0 Å². The molecule has 0 radical (unpaired) electrons. The molecule has 1 aliphatic carbocycles. The van der Waals surface area contributed by atoms with Gasteiger partial charge in [-0.1, -0.05) is 44.2 Å². The van der Waals surface area contributed by atoms with E-state index in [-0.39, 0.29) is 18.6 Å². The molecule has 4 atom stereocenters. The molecule has 4 rings (SSSR count). The molecule has 2 aromatic rings. The highest BCUT2D eigenvalue weighted by molar-refractivity contribution is 7.90. The number of ether oxygens (including phenoxy) is 2. The van der Waals surface area contributed by atoms with Crippen LogP contribution in [0.1, 0.15) is 62.8 Å². The molecule has 0 saturated heterocycles. The van der Waals surface area contributed by atoms with E-state index in [1.54, 1.807) is 0 Å². The van der Waals surface area contributed by atoms with E-state index in [1.807, 2.05) is 34.9 Å². The molecule has 216 valence electrons. The molecule has 2 aliphatic rings. The first-order valence-corrected chi connectivity index (χ1v) is 15.5. The first-order chi connectivity index (χ1) is 18.8. The summed E-state index contributed by atoms with van der Waals surface area (Å²) in [6.45, 7) is 7.49. The summed E-state index contributed by atoms with van der Waals surface area (Å²) in [5, 5.41) is 10.8. The third-order valence-electron chi connectivity index (χ3n) is 7.88. The number of alkyl carbamates (subject to hydrolysis) is 1. The summed E-state index contributed by atoms with van der Waals surface area (Å²) >= 11 is 0. The van der Waals surface area contributed by atoms with Gasteiger partial charge in [-0.25, -0.2) is 17.9 Å². The van der Waals surface area contributed by atoms with Gasteiger partial charge in [0, 0.05) is 32.0 Å². The summed E-state index contributed by atoms with van der Waals surface area (Å²) in [5.74, 6) is 1.45. The second kappa shape index (κ2) is 13.7. The van der Waals surface area contributed by atoms with Gasteiger partial charge >= 0.3 is 6.09 Å². The number of aromatic nitrogens is 3. The number of hydrogen-bond acceptors (Lipinski definition) is 8. The molecule has 0 spiro atoms. The number of hydrogen-bond donors (Lipinski definition) is 2. The second-order valence-corrected chi connectivity index (χ2v) is 12.4. The van der Waals surface area contributed by atoms with Crippen LogP contribution in [0.15, 0.2) is 30.3 Å². The molecular formula is C27H42N6O5S. The van der Waals surface area contributed by atoms with Crippen molar-refractivity contribution in [2.75, 3.05) is 33.4 Å². The SMILES string of the molecule is CCN(CC)C1CCC(S(=O)(=O)NC(COCc2ccccc2)c2nnc3n2CCC(COC(=O)NC)C3)C1. The molecule has 1 aromatic carbocycles. The lowest BCUT2D eigenvalue weighted by molar-refractivity contribution is 0.0999. The molecule has 11 nitrogen and oxygen atoms in total. The minimum absolute atomic E-state index is 0.131. The van der Waals surface area contributed by atoms with E-state index in [0.29, 0.717) is 44.8 Å². The maximum atomic E-state index is 13.6. The molecule has 2 heterocycles. The Balaban J connectivity index is 1.48. The average molecular weight is 563 g/mol. The van der Waals surface area contributed by atoms with Gasteiger partial charge in [0.25, 0.3) is 0 Å². The Kier molecular flexibility index (Phi) is 10.3. The zero-order valence-electron chi connectivity index (χ0n) is 23.2. The van der Waals surface area contributed by atoms with Crippen LogP contribution < -0.4 is 10.0 Å². The Labute approximate surface area is 231 Å². The van der Waals surface area contributed by atoms with Gasteiger partial charge in [-0.2, -0.15) is 0 Å². The summed E-state index contributed by atoms with van der Waals surface area (Å²) in [6.07, 6.45) is 3.06. The number of carbonyl (C=O) groups excluding carboxylic acids is 1. The van der Waals surface area contributed by atoms with Crippen LogP contribution in [-0.2, 0) is 39.1 Å². The topological polar surface area (TPSA) is 128 Å². The molecule has 4 unspecified atom stereocenters. The Morgan fingerprint density at radius 1 is 1.15 bits per heavy atom. The Hall–Kier alpha value is -2.54. The van der Waals surface area contributed by atoms with Crippen molar-refractivity contribution < 1.29 is 22.7 Å². The molecule has 1 fully saturated rings. The summed E-state index contributed by atoms with van der Waals surface area (Å²) in [4.78, 5) is 13.8. The average Bonchev–Trinajstić information content (AvgIpc) is 3.61. The van der Waals surface area contributed by atoms with Gasteiger partial charge in [-0.05, 0) is 44.3 Å². The van der Waals surface area contributed by atoms with Crippen LogP contribution in [0.2, 0.25) is 0 Å². The molecular weight excluding hydrogens is 520 g/mol. The third kappa shape index (κ3) is 7.56. The number of fused-ring (bicyclic) bond motifs is 1. The number of amides is 1. The molecule has 39 heavy (non-hydrogen) atoms. The van der Waals surface area contributed by atoms with Gasteiger partial charge in [0.05, 0.1) is 25.1 Å². The smallest absolute Gasteiger partial charge is 0.406 e. The molecule has 1 aromatic heterocycles. The molecule has 1 aliphatic heterocycles. The van der Waals surface area contributed by atoms with Gasteiger partial charge in [0.15, 0.2) is 5.82 Å². The van der Waals surface area contributed by atoms with Crippen LogP contribution in [0, 0.1) is 5.92 Å². The van der Waals surface area contributed by atoms with Crippen LogP contribution in [0.25, 0.3) is 0 Å². The molecule has 1 amide bonds. The predicted octanol–water partition coefficient (Wildman–Crippen LogP) is 2.64. The Morgan fingerprint density at radius 3 is 2.64 bits per heavy atom. The standard InChI is InChI=1S/C27H42N6O5S/c1-4-32(5-2)22-11-12-23(16-22)39(35,36)31-24(19-37-17-20-9-7-6-8-10-20)26-30-29-25-15-21(13-14-33(25)26)18-38-27(34)28-3/h6-10,21-24,31H,4-5,11-19H2,1-3H3,(H,28,34). The zero-order valence-corrected chi connectivity index (χ0v) is 24.0. The van der Waals surface area contributed by atoms with Gasteiger partial charge in [-0.15, -0.1) is 10.2 Å². The van der Waals surface area contributed by atoms with Crippen molar-refractivity contribution in [2.24, 2.45) is 5.92 Å². The van der Waals surface area contributed by atoms with E-state index in [9.17, 15) is 13.2 Å². The maximum Gasteiger partial charge on any atom is 0.406 e. The van der Waals surface area contributed by atoms with Crippen molar-refractivity contribution in [3.05, 3.63) is 47.5 Å². The van der Waals surface area contributed by atoms with Gasteiger partial charge in [0.2, 0.25) is 10.0 Å². The van der Waals surface area contributed by atoms with E-state index >= 15 is 0 Å². The number of benzene rings is 1. The fraction of sp³-hybridized carbons (Fsp3) is 0.667. The predicted molar refractivity (Wildman–Crippen MR) is 147 cm³/mol. The minimum atomic E-state index is -3.62. The lowest BCUT2D eigenvalue weighted by Crippen LogP contribution is -2.40. The largest absolute Gasteiger partial charge is 0.449 e.